The van der Waals surface area contributed by atoms with Crippen molar-refractivity contribution in [3.05, 3.63) is 95.1 Å². The van der Waals surface area contributed by atoms with Gasteiger partial charge in [0.2, 0.25) is 0 Å². The summed E-state index contributed by atoms with van der Waals surface area (Å²) < 4.78 is 0. The molecule has 0 radical (unpaired) electrons. The number of nitrogens with zero attached hydrogens (tertiary/aromatic N) is 2. The largest absolute Gasteiger partial charge is 0.192 e. The van der Waals surface area contributed by atoms with Gasteiger partial charge in [0.05, 0.1) is 0 Å². The van der Waals surface area contributed by atoms with Gasteiger partial charge in [0.25, 0.3) is 0 Å². The van der Waals surface area contributed by atoms with Crippen LogP contribution in [0.25, 0.3) is 12.2 Å². The second-order valence-electron chi connectivity index (χ2n) is 4.54. The molecule has 0 saturated heterocycles. The van der Waals surface area contributed by atoms with E-state index < -0.39 is 0 Å². The van der Waals surface area contributed by atoms with Gasteiger partial charge < -0.3 is 0 Å². The van der Waals surface area contributed by atoms with Crippen molar-refractivity contribution in [3.63, 3.8) is 0 Å². The zero-order chi connectivity index (χ0) is 15.6. The number of rotatable bonds is 4. The Labute approximate surface area is 130 Å². The van der Waals surface area contributed by atoms with Gasteiger partial charge in [-0.1, -0.05) is 85.0 Å². The van der Waals surface area contributed by atoms with Gasteiger partial charge in [-0.3, -0.25) is 0 Å². The predicted octanol–water partition coefficient (Wildman–Crippen LogP) is 4.76. The van der Waals surface area contributed by atoms with Crippen LogP contribution in [0.15, 0.2) is 84.0 Å². The van der Waals surface area contributed by atoms with E-state index in [1.165, 1.54) is 0 Å². The minimum absolute atomic E-state index is 0.0966. The summed E-state index contributed by atoms with van der Waals surface area (Å²) in [6.07, 6.45) is 7.35. The quantitative estimate of drug-likeness (QED) is 0.599. The molecule has 2 nitrogen and oxygen atoms in total. The second kappa shape index (κ2) is 8.04. The van der Waals surface area contributed by atoms with E-state index in [0.717, 1.165) is 11.1 Å². The standard InChI is InChI=1S/C20H14N2/c21-15-20(16-22)19(13-11-17-7-3-1-4-8-17)14-12-18-9-5-2-6-10-18/h1-14H/b13-11+,14-12+. The molecule has 0 aromatic heterocycles. The van der Waals surface area contributed by atoms with Gasteiger partial charge in [0, 0.05) is 5.57 Å². The Morgan fingerprint density at radius 1 is 0.682 bits per heavy atom. The van der Waals surface area contributed by atoms with E-state index in [-0.39, 0.29) is 5.57 Å². The summed E-state index contributed by atoms with van der Waals surface area (Å²) in [7, 11) is 0. The molecule has 0 aliphatic rings. The number of allylic oxidation sites excluding steroid dienone is 4. The van der Waals surface area contributed by atoms with Crippen LogP contribution in [-0.2, 0) is 0 Å². The van der Waals surface area contributed by atoms with Crippen LogP contribution in [0.5, 0.6) is 0 Å². The third-order valence-corrected chi connectivity index (χ3v) is 3.02. The lowest BCUT2D eigenvalue weighted by Crippen LogP contribution is -1.82. The molecule has 0 aliphatic carbocycles. The molecule has 0 saturated carbocycles. The zero-order valence-corrected chi connectivity index (χ0v) is 12.0. The molecule has 0 atom stereocenters. The molecule has 104 valence electrons. The number of nitriles is 2. The highest BCUT2D eigenvalue weighted by Crippen LogP contribution is 2.13. The molecule has 0 amide bonds. The van der Waals surface area contributed by atoms with E-state index in [0.29, 0.717) is 5.57 Å². The average Bonchev–Trinajstić information content (AvgIpc) is 2.59. The lowest BCUT2D eigenvalue weighted by atomic mass is 10.1. The van der Waals surface area contributed by atoms with Gasteiger partial charge in [-0.15, -0.1) is 0 Å². The molecule has 2 rings (SSSR count). The van der Waals surface area contributed by atoms with Gasteiger partial charge >= 0.3 is 0 Å². The van der Waals surface area contributed by atoms with Gasteiger partial charge in [-0.05, 0) is 11.1 Å². The van der Waals surface area contributed by atoms with Crippen molar-refractivity contribution in [2.24, 2.45) is 0 Å². The normalized spacial score (nSPS) is 10.3. The molecule has 0 fully saturated rings. The third kappa shape index (κ3) is 4.34. The van der Waals surface area contributed by atoms with Crippen LogP contribution in [-0.4, -0.2) is 0 Å². The summed E-state index contributed by atoms with van der Waals surface area (Å²) in [6.45, 7) is 0. The Kier molecular flexibility index (Phi) is 5.50. The van der Waals surface area contributed by atoms with E-state index in [2.05, 4.69) is 0 Å². The second-order valence-corrected chi connectivity index (χ2v) is 4.54. The first kappa shape index (κ1) is 15.0. The molecular weight excluding hydrogens is 268 g/mol. The fourth-order valence-electron chi connectivity index (χ4n) is 1.88. The minimum atomic E-state index is 0.0966. The van der Waals surface area contributed by atoms with Crippen molar-refractivity contribution < 1.29 is 0 Å². The lowest BCUT2D eigenvalue weighted by Gasteiger charge is -1.97. The maximum absolute atomic E-state index is 9.09. The van der Waals surface area contributed by atoms with E-state index >= 15 is 0 Å². The van der Waals surface area contributed by atoms with E-state index in [9.17, 15) is 0 Å². The Balaban J connectivity index is 2.32. The van der Waals surface area contributed by atoms with Crippen molar-refractivity contribution in [1.29, 1.82) is 10.5 Å². The Hall–Kier alpha value is -3.36. The van der Waals surface area contributed by atoms with Crippen molar-refractivity contribution >= 4 is 12.2 Å². The molecular formula is C20H14N2. The highest BCUT2D eigenvalue weighted by atomic mass is 14.3. The van der Waals surface area contributed by atoms with Crippen LogP contribution < -0.4 is 0 Å². The van der Waals surface area contributed by atoms with Crippen molar-refractivity contribution in [3.8, 4) is 12.1 Å². The molecule has 0 N–H and O–H groups in total. The Morgan fingerprint density at radius 2 is 1.09 bits per heavy atom. The highest BCUT2D eigenvalue weighted by molar-refractivity contribution is 5.63. The summed E-state index contributed by atoms with van der Waals surface area (Å²) in [5, 5.41) is 18.2. The highest BCUT2D eigenvalue weighted by Gasteiger charge is 1.99. The monoisotopic (exact) mass is 282 g/mol. The van der Waals surface area contributed by atoms with Crippen LogP contribution in [0, 0.1) is 22.7 Å². The molecule has 22 heavy (non-hydrogen) atoms. The van der Waals surface area contributed by atoms with Crippen molar-refractivity contribution in [2.75, 3.05) is 0 Å². The van der Waals surface area contributed by atoms with E-state index in [4.69, 9.17) is 10.5 Å². The van der Waals surface area contributed by atoms with Crippen LogP contribution >= 0.6 is 0 Å². The minimum Gasteiger partial charge on any atom is -0.192 e. The van der Waals surface area contributed by atoms with Crippen LogP contribution in [0.2, 0.25) is 0 Å². The summed E-state index contributed by atoms with van der Waals surface area (Å²) in [5.74, 6) is 0. The van der Waals surface area contributed by atoms with Crippen molar-refractivity contribution in [2.45, 2.75) is 0 Å². The third-order valence-electron chi connectivity index (χ3n) is 3.02. The van der Waals surface area contributed by atoms with Gasteiger partial charge in [0.15, 0.2) is 0 Å². The van der Waals surface area contributed by atoms with Gasteiger partial charge in [0.1, 0.15) is 17.7 Å². The first-order valence-corrected chi connectivity index (χ1v) is 6.84. The van der Waals surface area contributed by atoms with E-state index in [1.807, 2.05) is 85.0 Å². The molecule has 0 spiro atoms. The smallest absolute Gasteiger partial charge is 0.136 e. The topological polar surface area (TPSA) is 47.6 Å². The number of hydrogen-bond donors (Lipinski definition) is 0. The van der Waals surface area contributed by atoms with Crippen molar-refractivity contribution in [1.82, 2.24) is 0 Å². The molecule has 0 heterocycles. The van der Waals surface area contributed by atoms with Crippen LogP contribution in [0.4, 0.5) is 0 Å². The summed E-state index contributed by atoms with van der Waals surface area (Å²) in [6, 6.07) is 23.4. The average molecular weight is 282 g/mol. The molecule has 0 bridgehead atoms. The number of hydrogen-bond acceptors (Lipinski definition) is 2. The molecule has 2 aromatic rings. The Morgan fingerprint density at radius 3 is 1.45 bits per heavy atom. The summed E-state index contributed by atoms with van der Waals surface area (Å²) >= 11 is 0. The van der Waals surface area contributed by atoms with Crippen LogP contribution in [0.1, 0.15) is 11.1 Å². The van der Waals surface area contributed by atoms with Gasteiger partial charge in [-0.2, -0.15) is 10.5 Å². The predicted molar refractivity (Wildman–Crippen MR) is 89.2 cm³/mol. The zero-order valence-electron chi connectivity index (χ0n) is 12.0. The Bertz CT molecular complexity index is 716. The lowest BCUT2D eigenvalue weighted by molar-refractivity contribution is 1.44. The summed E-state index contributed by atoms with van der Waals surface area (Å²) in [5.41, 5.74) is 2.73. The maximum Gasteiger partial charge on any atom is 0.136 e. The molecule has 0 unspecified atom stereocenters. The first-order chi connectivity index (χ1) is 10.8. The van der Waals surface area contributed by atoms with E-state index in [1.54, 1.807) is 12.2 Å². The molecule has 0 aliphatic heterocycles. The molecule has 2 aromatic carbocycles. The maximum atomic E-state index is 9.09. The number of benzene rings is 2. The van der Waals surface area contributed by atoms with Crippen LogP contribution in [0.3, 0.4) is 0 Å². The molecule has 2 heteroatoms. The summed E-state index contributed by atoms with van der Waals surface area (Å²) in [4.78, 5) is 0. The fraction of sp³-hybridized carbons (Fsp3) is 0. The first-order valence-electron chi connectivity index (χ1n) is 6.84. The van der Waals surface area contributed by atoms with Gasteiger partial charge in [-0.25, -0.2) is 0 Å². The fourth-order valence-corrected chi connectivity index (χ4v) is 1.88. The SMILES string of the molecule is N#CC(C#N)=C(/C=C/c1ccccc1)/C=C/c1ccccc1.